The summed E-state index contributed by atoms with van der Waals surface area (Å²) >= 11 is 0. The Morgan fingerprint density at radius 2 is 1.72 bits per heavy atom. The van der Waals surface area contributed by atoms with Crippen molar-refractivity contribution in [2.45, 2.75) is 32.5 Å². The van der Waals surface area contributed by atoms with Gasteiger partial charge >= 0.3 is 12.3 Å². The molecule has 0 aliphatic carbocycles. The van der Waals surface area contributed by atoms with Crippen LogP contribution in [-0.2, 0) is 14.3 Å². The first-order chi connectivity index (χ1) is 7.99. The molecule has 0 radical (unpaired) electrons. The lowest BCUT2D eigenvalue weighted by Crippen LogP contribution is -2.36. The van der Waals surface area contributed by atoms with Crippen molar-refractivity contribution in [3.63, 3.8) is 0 Å². The second-order valence-electron chi connectivity index (χ2n) is 4.50. The quantitative estimate of drug-likeness (QED) is 0.826. The number of amides is 1. The van der Waals surface area contributed by atoms with Crippen molar-refractivity contribution < 1.29 is 32.2 Å². The van der Waals surface area contributed by atoms with Gasteiger partial charge in [0.1, 0.15) is 18.8 Å². The molecule has 0 aromatic carbocycles. The zero-order chi connectivity index (χ0) is 14.4. The van der Waals surface area contributed by atoms with E-state index in [1.54, 1.807) is 20.8 Å². The lowest BCUT2D eigenvalue weighted by molar-refractivity contribution is -0.175. The molecular weight excluding hydrogens is 255 g/mol. The van der Waals surface area contributed by atoms with Gasteiger partial charge in [-0.3, -0.25) is 4.79 Å². The van der Waals surface area contributed by atoms with E-state index in [0.717, 1.165) is 0 Å². The molecule has 0 unspecified atom stereocenters. The lowest BCUT2D eigenvalue weighted by Gasteiger charge is -2.19. The van der Waals surface area contributed by atoms with Crippen molar-refractivity contribution in [3.8, 4) is 0 Å². The average molecular weight is 271 g/mol. The second kappa shape index (κ2) is 6.58. The van der Waals surface area contributed by atoms with Crippen LogP contribution >= 0.6 is 0 Å². The van der Waals surface area contributed by atoms with E-state index in [4.69, 9.17) is 4.74 Å². The molecule has 0 aliphatic rings. The average Bonchev–Trinajstić information content (AvgIpc) is 2.09. The molecule has 8 heteroatoms. The van der Waals surface area contributed by atoms with Crippen LogP contribution < -0.4 is 5.32 Å². The Morgan fingerprint density at radius 3 is 2.17 bits per heavy atom. The van der Waals surface area contributed by atoms with Crippen molar-refractivity contribution >= 4 is 11.9 Å². The van der Waals surface area contributed by atoms with Gasteiger partial charge in [0.05, 0.1) is 6.54 Å². The molecule has 0 aliphatic heterocycles. The smallest absolute Gasteiger partial charge is 0.411 e. The molecule has 0 aromatic heterocycles. The number of alkyl carbamates (subject to hydrolysis) is 1. The van der Waals surface area contributed by atoms with Crippen LogP contribution in [0.2, 0.25) is 0 Å². The van der Waals surface area contributed by atoms with Gasteiger partial charge in [-0.25, -0.2) is 4.79 Å². The van der Waals surface area contributed by atoms with Crippen molar-refractivity contribution in [1.82, 2.24) is 5.32 Å². The Bertz CT molecular complexity index is 296. The number of alkyl halides is 3. The van der Waals surface area contributed by atoms with Crippen LogP contribution in [0, 0.1) is 0 Å². The summed E-state index contributed by atoms with van der Waals surface area (Å²) in [5.41, 5.74) is -0.708. The zero-order valence-electron chi connectivity index (χ0n) is 10.4. The third kappa shape index (κ3) is 11.2. The fourth-order valence-electron chi connectivity index (χ4n) is 0.817. The molecule has 18 heavy (non-hydrogen) atoms. The highest BCUT2D eigenvalue weighted by Gasteiger charge is 2.27. The van der Waals surface area contributed by atoms with Gasteiger partial charge in [-0.1, -0.05) is 0 Å². The number of hydrogen-bond donors (Lipinski definition) is 1. The number of carbonyl (C=O) groups excluding carboxylic acids is 2. The van der Waals surface area contributed by atoms with Crippen LogP contribution in [0.15, 0.2) is 0 Å². The normalized spacial score (nSPS) is 12.1. The number of halogens is 3. The Balaban J connectivity index is 3.75. The molecule has 1 amide bonds. The maximum Gasteiger partial charge on any atom is 0.411 e. The third-order valence-electron chi connectivity index (χ3n) is 1.36. The van der Waals surface area contributed by atoms with Gasteiger partial charge in [0.25, 0.3) is 0 Å². The summed E-state index contributed by atoms with van der Waals surface area (Å²) in [7, 11) is 0. The molecular formula is C10H16F3NO4. The number of nitrogens with one attached hydrogen (secondary N) is 1. The second-order valence-corrected chi connectivity index (χ2v) is 4.50. The number of hydrogen-bond acceptors (Lipinski definition) is 4. The SMILES string of the molecule is CC(C)(C)OC(=O)NCC(=O)COCC(F)(F)F. The van der Waals surface area contributed by atoms with Crippen molar-refractivity contribution in [1.29, 1.82) is 0 Å². The van der Waals surface area contributed by atoms with Crippen LogP contribution in [-0.4, -0.2) is 43.4 Å². The minimum Gasteiger partial charge on any atom is -0.444 e. The standard InChI is InChI=1S/C10H16F3NO4/c1-9(2,3)18-8(16)14-4-7(15)5-17-6-10(11,12)13/h4-6H2,1-3H3,(H,14,16). The van der Waals surface area contributed by atoms with Crippen LogP contribution in [0.3, 0.4) is 0 Å². The molecule has 5 nitrogen and oxygen atoms in total. The monoisotopic (exact) mass is 271 g/mol. The van der Waals surface area contributed by atoms with Crippen molar-refractivity contribution in [3.05, 3.63) is 0 Å². The summed E-state index contributed by atoms with van der Waals surface area (Å²) in [5, 5.41) is 2.11. The van der Waals surface area contributed by atoms with E-state index in [2.05, 4.69) is 10.1 Å². The number of ketones is 1. The molecule has 0 rings (SSSR count). The summed E-state index contributed by atoms with van der Waals surface area (Å²) in [6.07, 6.45) is -5.29. The Hall–Kier alpha value is -1.31. The van der Waals surface area contributed by atoms with E-state index in [1.807, 2.05) is 0 Å². The third-order valence-corrected chi connectivity index (χ3v) is 1.36. The highest BCUT2D eigenvalue weighted by Crippen LogP contribution is 2.14. The highest BCUT2D eigenvalue weighted by atomic mass is 19.4. The summed E-state index contributed by atoms with van der Waals surface area (Å²) in [6, 6.07) is 0. The van der Waals surface area contributed by atoms with Crippen LogP contribution in [0.4, 0.5) is 18.0 Å². The van der Waals surface area contributed by atoms with Gasteiger partial charge in [0, 0.05) is 0 Å². The molecule has 0 saturated heterocycles. The fourth-order valence-corrected chi connectivity index (χ4v) is 0.817. The van der Waals surface area contributed by atoms with Gasteiger partial charge in [-0.05, 0) is 20.8 Å². The first-order valence-corrected chi connectivity index (χ1v) is 5.13. The Labute approximate surface area is 103 Å². The van der Waals surface area contributed by atoms with Gasteiger partial charge < -0.3 is 14.8 Å². The van der Waals surface area contributed by atoms with E-state index in [1.165, 1.54) is 0 Å². The minimum absolute atomic E-state index is 0.438. The Morgan fingerprint density at radius 1 is 1.17 bits per heavy atom. The number of Topliss-reactive ketones (excluding diaryl/α,β-unsaturated/α-hetero) is 1. The van der Waals surface area contributed by atoms with Crippen LogP contribution in [0.5, 0.6) is 0 Å². The highest BCUT2D eigenvalue weighted by molar-refractivity contribution is 5.84. The van der Waals surface area contributed by atoms with Gasteiger partial charge in [0.2, 0.25) is 0 Å². The van der Waals surface area contributed by atoms with E-state index in [0.29, 0.717) is 0 Å². The number of rotatable bonds is 5. The molecule has 0 heterocycles. The summed E-state index contributed by atoms with van der Waals surface area (Å²) in [4.78, 5) is 22.1. The van der Waals surface area contributed by atoms with Gasteiger partial charge in [-0.15, -0.1) is 0 Å². The molecule has 0 bridgehead atoms. The maximum atomic E-state index is 11.7. The molecule has 1 N–H and O–H groups in total. The fraction of sp³-hybridized carbons (Fsp3) is 0.800. The number of ether oxygens (including phenoxy) is 2. The van der Waals surface area contributed by atoms with Crippen molar-refractivity contribution in [2.75, 3.05) is 19.8 Å². The summed E-state index contributed by atoms with van der Waals surface area (Å²) < 4.78 is 44.0. The van der Waals surface area contributed by atoms with E-state index in [9.17, 15) is 22.8 Å². The predicted octanol–water partition coefficient (Wildman–Crippen LogP) is 1.66. The van der Waals surface area contributed by atoms with E-state index < -0.39 is 43.4 Å². The largest absolute Gasteiger partial charge is 0.444 e. The van der Waals surface area contributed by atoms with Crippen molar-refractivity contribution in [2.24, 2.45) is 0 Å². The maximum absolute atomic E-state index is 11.7. The minimum atomic E-state index is -4.47. The Kier molecular flexibility index (Phi) is 6.10. The van der Waals surface area contributed by atoms with E-state index in [-0.39, 0.29) is 0 Å². The molecule has 0 atom stereocenters. The first kappa shape index (κ1) is 16.7. The van der Waals surface area contributed by atoms with Gasteiger partial charge in [-0.2, -0.15) is 13.2 Å². The molecule has 106 valence electrons. The van der Waals surface area contributed by atoms with Gasteiger partial charge in [0.15, 0.2) is 5.78 Å². The molecule has 0 saturated carbocycles. The summed E-state index contributed by atoms with van der Waals surface area (Å²) in [5.74, 6) is -0.676. The molecule has 0 aromatic rings. The summed E-state index contributed by atoms with van der Waals surface area (Å²) in [6.45, 7) is 2.27. The van der Waals surface area contributed by atoms with Crippen LogP contribution in [0.25, 0.3) is 0 Å². The molecule has 0 spiro atoms. The topological polar surface area (TPSA) is 64.6 Å². The number of carbonyl (C=O) groups is 2. The van der Waals surface area contributed by atoms with Crippen LogP contribution in [0.1, 0.15) is 20.8 Å². The zero-order valence-corrected chi connectivity index (χ0v) is 10.4. The lowest BCUT2D eigenvalue weighted by atomic mass is 10.2. The molecule has 0 fully saturated rings. The van der Waals surface area contributed by atoms with E-state index >= 15 is 0 Å². The predicted molar refractivity (Wildman–Crippen MR) is 56.1 cm³/mol. The first-order valence-electron chi connectivity index (χ1n) is 5.13.